The fraction of sp³-hybridized carbons (Fsp3) is 0.462. The number of aromatic nitrogens is 2. The quantitative estimate of drug-likeness (QED) is 0.785. The van der Waals surface area contributed by atoms with Gasteiger partial charge < -0.3 is 9.55 Å². The Morgan fingerprint density at radius 2 is 2.06 bits per heavy atom. The van der Waals surface area contributed by atoms with Crippen molar-refractivity contribution >= 4 is 39.2 Å². The third-order valence-electron chi connectivity index (χ3n) is 2.93. The summed E-state index contributed by atoms with van der Waals surface area (Å²) in [6, 6.07) is 6.67. The molecule has 2 nitrogen and oxygen atoms in total. The highest BCUT2D eigenvalue weighted by atomic mass is 79.9. The molecule has 2 aromatic rings. The summed E-state index contributed by atoms with van der Waals surface area (Å²) in [5, 5.41) is 0. The molecule has 0 aliphatic heterocycles. The number of nitrogens with zero attached hydrogens (tertiary/aromatic N) is 1. The number of nitrogens with one attached hydrogen (secondary N) is 1. The van der Waals surface area contributed by atoms with Crippen LogP contribution in [-0.2, 0) is 0 Å². The average Bonchev–Trinajstić information content (AvgIpc) is 2.51. The highest BCUT2D eigenvalue weighted by molar-refractivity contribution is 9.10. The zero-order valence-corrected chi connectivity index (χ0v) is 12.7. The van der Waals surface area contributed by atoms with Crippen LogP contribution in [0.3, 0.4) is 0 Å². The molecule has 0 aliphatic carbocycles. The third kappa shape index (κ3) is 2.63. The van der Waals surface area contributed by atoms with Gasteiger partial charge in [-0.05, 0) is 49.7 Å². The number of aromatic amines is 1. The molecule has 0 saturated carbocycles. The molecule has 0 amide bonds. The van der Waals surface area contributed by atoms with Gasteiger partial charge in [0.15, 0.2) is 4.77 Å². The van der Waals surface area contributed by atoms with Gasteiger partial charge in [0.05, 0.1) is 11.0 Å². The second-order valence-electron chi connectivity index (χ2n) is 4.94. The van der Waals surface area contributed by atoms with Gasteiger partial charge in [-0.25, -0.2) is 0 Å². The van der Waals surface area contributed by atoms with E-state index in [0.29, 0.717) is 12.0 Å². The largest absolute Gasteiger partial charge is 0.331 e. The Labute approximate surface area is 115 Å². The molecule has 1 heterocycles. The van der Waals surface area contributed by atoms with Gasteiger partial charge in [0.2, 0.25) is 0 Å². The summed E-state index contributed by atoms with van der Waals surface area (Å²) in [4.78, 5) is 3.27. The summed E-state index contributed by atoms with van der Waals surface area (Å²) in [5.41, 5.74) is 2.28. The lowest BCUT2D eigenvalue weighted by molar-refractivity contribution is 0.432. The smallest absolute Gasteiger partial charge is 0.178 e. The predicted octanol–water partition coefficient (Wildman–Crippen LogP) is 5.07. The maximum Gasteiger partial charge on any atom is 0.178 e. The van der Waals surface area contributed by atoms with Crippen LogP contribution in [0.15, 0.2) is 22.7 Å². The molecule has 0 fully saturated rings. The topological polar surface area (TPSA) is 20.7 Å². The van der Waals surface area contributed by atoms with Crippen molar-refractivity contribution in [2.45, 2.75) is 33.2 Å². The van der Waals surface area contributed by atoms with Crippen LogP contribution in [0.25, 0.3) is 11.0 Å². The lowest BCUT2D eigenvalue weighted by Gasteiger charge is -2.16. The second kappa shape index (κ2) is 4.94. The van der Waals surface area contributed by atoms with Crippen LogP contribution in [-0.4, -0.2) is 9.55 Å². The van der Waals surface area contributed by atoms with E-state index in [1.165, 1.54) is 5.52 Å². The summed E-state index contributed by atoms with van der Waals surface area (Å²) < 4.78 is 4.10. The minimum atomic E-state index is 0.428. The Morgan fingerprint density at radius 1 is 1.35 bits per heavy atom. The maximum atomic E-state index is 5.42. The molecule has 1 atom stereocenters. The molecule has 17 heavy (non-hydrogen) atoms. The van der Waals surface area contributed by atoms with Crippen molar-refractivity contribution in [3.8, 4) is 0 Å². The van der Waals surface area contributed by atoms with Crippen LogP contribution in [0.5, 0.6) is 0 Å². The standard InChI is InChI=1S/C13H17BrN2S/c1-8(2)6-9(3)16-12-5-4-10(14)7-11(12)15-13(16)17/h4-5,7-9H,6H2,1-3H3,(H,15,17). The lowest BCUT2D eigenvalue weighted by atomic mass is 10.1. The SMILES string of the molecule is CC(C)CC(C)n1c(=S)[nH]c2cc(Br)ccc21. The van der Waals surface area contributed by atoms with E-state index in [4.69, 9.17) is 12.2 Å². The molecule has 0 bridgehead atoms. The van der Waals surface area contributed by atoms with Crippen LogP contribution < -0.4 is 0 Å². The van der Waals surface area contributed by atoms with Crippen molar-refractivity contribution < 1.29 is 0 Å². The normalized spacial score (nSPS) is 13.5. The van der Waals surface area contributed by atoms with Gasteiger partial charge in [-0.3, -0.25) is 0 Å². The van der Waals surface area contributed by atoms with E-state index < -0.39 is 0 Å². The summed E-state index contributed by atoms with van der Waals surface area (Å²) >= 11 is 8.90. The minimum absolute atomic E-state index is 0.428. The van der Waals surface area contributed by atoms with Gasteiger partial charge in [0.25, 0.3) is 0 Å². The number of H-pyrrole nitrogens is 1. The first-order valence-corrected chi connectivity index (χ1v) is 7.09. The molecule has 1 unspecified atom stereocenters. The van der Waals surface area contributed by atoms with E-state index in [9.17, 15) is 0 Å². The molecule has 1 aromatic carbocycles. The monoisotopic (exact) mass is 312 g/mol. The number of imidazole rings is 1. The van der Waals surface area contributed by atoms with Gasteiger partial charge in [0.1, 0.15) is 0 Å². The fourth-order valence-corrected chi connectivity index (χ4v) is 3.08. The number of fused-ring (bicyclic) bond motifs is 1. The maximum absolute atomic E-state index is 5.42. The first-order valence-electron chi connectivity index (χ1n) is 5.89. The summed E-state index contributed by atoms with van der Waals surface area (Å²) in [7, 11) is 0. The molecule has 0 spiro atoms. The van der Waals surface area contributed by atoms with Crippen molar-refractivity contribution in [1.82, 2.24) is 9.55 Å². The molecule has 2 rings (SSSR count). The molecular weight excluding hydrogens is 296 g/mol. The zero-order chi connectivity index (χ0) is 12.6. The molecular formula is C13H17BrN2S. The Bertz CT molecular complexity index is 583. The Balaban J connectivity index is 2.53. The summed E-state index contributed by atoms with van der Waals surface area (Å²) in [6.07, 6.45) is 1.14. The first kappa shape index (κ1) is 12.8. The van der Waals surface area contributed by atoms with Crippen molar-refractivity contribution in [2.24, 2.45) is 5.92 Å². The second-order valence-corrected chi connectivity index (χ2v) is 6.24. The minimum Gasteiger partial charge on any atom is -0.331 e. The Morgan fingerprint density at radius 3 is 2.71 bits per heavy atom. The number of benzene rings is 1. The van der Waals surface area contributed by atoms with Gasteiger partial charge >= 0.3 is 0 Å². The summed E-state index contributed by atoms with van der Waals surface area (Å²) in [6.45, 7) is 6.71. The van der Waals surface area contributed by atoms with E-state index in [2.05, 4.69) is 64.5 Å². The van der Waals surface area contributed by atoms with Gasteiger partial charge in [-0.1, -0.05) is 29.8 Å². The number of hydrogen-bond donors (Lipinski definition) is 1. The van der Waals surface area contributed by atoms with E-state index in [-0.39, 0.29) is 0 Å². The Hall–Kier alpha value is -0.610. The molecule has 1 N–H and O–H groups in total. The summed E-state index contributed by atoms with van der Waals surface area (Å²) in [5.74, 6) is 0.673. The zero-order valence-electron chi connectivity index (χ0n) is 10.3. The molecule has 92 valence electrons. The van der Waals surface area contributed by atoms with Crippen molar-refractivity contribution in [3.63, 3.8) is 0 Å². The molecule has 0 saturated heterocycles. The molecule has 1 aromatic heterocycles. The molecule has 0 aliphatic rings. The van der Waals surface area contributed by atoms with Gasteiger partial charge in [0, 0.05) is 10.5 Å². The first-order chi connectivity index (χ1) is 7.99. The van der Waals surface area contributed by atoms with Crippen LogP contribution in [0.1, 0.15) is 33.2 Å². The number of hydrogen-bond acceptors (Lipinski definition) is 1. The molecule has 0 radical (unpaired) electrons. The lowest BCUT2D eigenvalue weighted by Crippen LogP contribution is -2.08. The van der Waals surface area contributed by atoms with Crippen LogP contribution in [0, 0.1) is 10.7 Å². The van der Waals surface area contributed by atoms with Gasteiger partial charge in [-0.2, -0.15) is 0 Å². The number of rotatable bonds is 3. The van der Waals surface area contributed by atoms with E-state index in [1.54, 1.807) is 0 Å². The van der Waals surface area contributed by atoms with Crippen molar-refractivity contribution in [3.05, 3.63) is 27.4 Å². The van der Waals surface area contributed by atoms with E-state index in [1.807, 2.05) is 0 Å². The fourth-order valence-electron chi connectivity index (χ4n) is 2.33. The van der Waals surface area contributed by atoms with Crippen LogP contribution >= 0.6 is 28.1 Å². The highest BCUT2D eigenvalue weighted by Gasteiger charge is 2.12. The average molecular weight is 313 g/mol. The van der Waals surface area contributed by atoms with Crippen molar-refractivity contribution in [1.29, 1.82) is 0 Å². The van der Waals surface area contributed by atoms with Crippen LogP contribution in [0.4, 0.5) is 0 Å². The number of halogens is 1. The van der Waals surface area contributed by atoms with Gasteiger partial charge in [-0.15, -0.1) is 0 Å². The van der Waals surface area contributed by atoms with Crippen LogP contribution in [0.2, 0.25) is 0 Å². The predicted molar refractivity (Wildman–Crippen MR) is 79.0 cm³/mol. The van der Waals surface area contributed by atoms with E-state index >= 15 is 0 Å². The van der Waals surface area contributed by atoms with E-state index in [0.717, 1.165) is 21.2 Å². The van der Waals surface area contributed by atoms with Crippen molar-refractivity contribution in [2.75, 3.05) is 0 Å². The third-order valence-corrected chi connectivity index (χ3v) is 3.72. The Kier molecular flexibility index (Phi) is 3.73. The highest BCUT2D eigenvalue weighted by Crippen LogP contribution is 2.25. The molecule has 4 heteroatoms.